The lowest BCUT2D eigenvalue weighted by molar-refractivity contribution is 0.406. The van der Waals surface area contributed by atoms with Gasteiger partial charge in [-0.1, -0.05) is 0 Å². The molecule has 0 aliphatic heterocycles. The quantitative estimate of drug-likeness (QED) is 0.517. The van der Waals surface area contributed by atoms with Crippen molar-refractivity contribution in [3.05, 3.63) is 0 Å². The maximum Gasteiger partial charge on any atom is 0.109 e. The smallest absolute Gasteiger partial charge is 0.109 e. The van der Waals surface area contributed by atoms with E-state index >= 15 is 0 Å². The summed E-state index contributed by atoms with van der Waals surface area (Å²) in [6.07, 6.45) is 1.09. The van der Waals surface area contributed by atoms with Crippen LogP contribution in [0.4, 0.5) is 0 Å². The predicted molar refractivity (Wildman–Crippen MR) is 51.4 cm³/mol. The average Bonchev–Trinajstić information content (AvgIpc) is 1.97. The Morgan fingerprint density at radius 1 is 1.30 bits per heavy atom. The summed E-state index contributed by atoms with van der Waals surface area (Å²) in [6, 6.07) is 0. The van der Waals surface area contributed by atoms with Crippen molar-refractivity contribution in [2.24, 2.45) is 0 Å². The summed E-state index contributed by atoms with van der Waals surface area (Å²) in [5.41, 5.74) is 0. The minimum Gasteiger partial charge on any atom is -0.318 e. The molecule has 0 aliphatic rings. The third-order valence-corrected chi connectivity index (χ3v) is 1.57. The van der Waals surface area contributed by atoms with Crippen LogP contribution < -0.4 is 10.6 Å². The molecule has 0 unspecified atom stereocenters. The molecule has 0 spiro atoms. The summed E-state index contributed by atoms with van der Waals surface area (Å²) in [5.74, 6) is 0. The van der Waals surface area contributed by atoms with Crippen LogP contribution >= 0.6 is 23.0 Å². The van der Waals surface area contributed by atoms with Gasteiger partial charge in [0.05, 0.1) is 6.61 Å². The van der Waals surface area contributed by atoms with Gasteiger partial charge < -0.3 is 13.7 Å². The summed E-state index contributed by atoms with van der Waals surface area (Å²) >= 11 is 1.92. The van der Waals surface area contributed by atoms with Gasteiger partial charge in [-0.3, -0.25) is 0 Å². The van der Waals surface area contributed by atoms with Crippen molar-refractivity contribution in [1.82, 2.24) is 10.6 Å². The van der Waals surface area contributed by atoms with E-state index in [1.807, 2.05) is 30.1 Å². The van der Waals surface area contributed by atoms with Crippen LogP contribution in [0.25, 0.3) is 0 Å². The van der Waals surface area contributed by atoms with E-state index in [-0.39, 0.29) is 0 Å². The SMILES string of the molecule is CNCCNCCCOI. The molecule has 62 valence electrons. The Bertz CT molecular complexity index is 55.7. The van der Waals surface area contributed by atoms with Crippen LogP contribution in [-0.2, 0) is 3.07 Å². The number of hydrogen-bond acceptors (Lipinski definition) is 3. The maximum atomic E-state index is 4.86. The first-order valence-electron chi connectivity index (χ1n) is 3.50. The maximum absolute atomic E-state index is 4.86. The topological polar surface area (TPSA) is 33.3 Å². The number of nitrogens with one attached hydrogen (secondary N) is 2. The molecule has 0 heterocycles. The second-order valence-corrected chi connectivity index (χ2v) is 2.64. The van der Waals surface area contributed by atoms with Gasteiger partial charge in [0.1, 0.15) is 23.0 Å². The van der Waals surface area contributed by atoms with Gasteiger partial charge in [0.15, 0.2) is 0 Å². The first-order valence-corrected chi connectivity index (χ1v) is 4.38. The molecular weight excluding hydrogens is 243 g/mol. The van der Waals surface area contributed by atoms with Gasteiger partial charge in [0, 0.05) is 13.1 Å². The van der Waals surface area contributed by atoms with E-state index in [1.165, 1.54) is 0 Å². The van der Waals surface area contributed by atoms with Crippen molar-refractivity contribution in [2.45, 2.75) is 6.42 Å². The third kappa shape index (κ3) is 8.61. The predicted octanol–water partition coefficient (Wildman–Crippen LogP) is 0.552. The van der Waals surface area contributed by atoms with Crippen LogP contribution in [0.15, 0.2) is 0 Å². The Morgan fingerprint density at radius 3 is 2.70 bits per heavy atom. The van der Waals surface area contributed by atoms with Crippen molar-refractivity contribution >= 4 is 23.0 Å². The molecule has 0 amide bonds. The lowest BCUT2D eigenvalue weighted by Crippen LogP contribution is -2.25. The van der Waals surface area contributed by atoms with Gasteiger partial charge in [-0.2, -0.15) is 0 Å². The zero-order chi connectivity index (χ0) is 7.66. The van der Waals surface area contributed by atoms with Crippen molar-refractivity contribution in [1.29, 1.82) is 0 Å². The van der Waals surface area contributed by atoms with Crippen LogP contribution in [0, 0.1) is 0 Å². The summed E-state index contributed by atoms with van der Waals surface area (Å²) in [7, 11) is 1.95. The summed E-state index contributed by atoms with van der Waals surface area (Å²) < 4.78 is 4.86. The van der Waals surface area contributed by atoms with Crippen LogP contribution in [0.1, 0.15) is 6.42 Å². The van der Waals surface area contributed by atoms with Crippen LogP contribution in [0.2, 0.25) is 0 Å². The monoisotopic (exact) mass is 258 g/mol. The molecule has 0 fully saturated rings. The molecule has 0 aromatic rings. The molecule has 0 atom stereocenters. The first kappa shape index (κ1) is 10.6. The van der Waals surface area contributed by atoms with E-state index in [9.17, 15) is 0 Å². The van der Waals surface area contributed by atoms with E-state index in [4.69, 9.17) is 3.07 Å². The van der Waals surface area contributed by atoms with Crippen LogP contribution in [0.3, 0.4) is 0 Å². The van der Waals surface area contributed by atoms with Crippen LogP contribution in [0.5, 0.6) is 0 Å². The molecule has 2 N–H and O–H groups in total. The van der Waals surface area contributed by atoms with Crippen molar-refractivity contribution in [3.8, 4) is 0 Å². The second-order valence-electron chi connectivity index (χ2n) is 2.02. The molecule has 0 aliphatic carbocycles. The largest absolute Gasteiger partial charge is 0.318 e. The standard InChI is InChI=1S/C6H15IN2O/c1-8-4-5-9-3-2-6-10-7/h8-9H,2-6H2,1H3. The summed E-state index contributed by atoms with van der Waals surface area (Å²) in [4.78, 5) is 0. The Hall–Kier alpha value is 0.610. The lowest BCUT2D eigenvalue weighted by atomic mass is 10.4. The first-order chi connectivity index (χ1) is 4.91. The van der Waals surface area contributed by atoms with Crippen molar-refractivity contribution < 1.29 is 3.07 Å². The summed E-state index contributed by atoms with van der Waals surface area (Å²) in [5, 5.41) is 6.34. The molecule has 0 bridgehead atoms. The molecule has 0 rings (SSSR count). The molecule has 0 radical (unpaired) electrons. The number of hydrogen-bond donors (Lipinski definition) is 2. The van der Waals surface area contributed by atoms with E-state index in [2.05, 4.69) is 10.6 Å². The highest BCUT2D eigenvalue weighted by Gasteiger charge is 1.85. The van der Waals surface area contributed by atoms with E-state index in [0.717, 1.165) is 32.7 Å². The third-order valence-electron chi connectivity index (χ3n) is 1.13. The fraction of sp³-hybridized carbons (Fsp3) is 1.00. The van der Waals surface area contributed by atoms with Gasteiger partial charge in [-0.15, -0.1) is 0 Å². The van der Waals surface area contributed by atoms with E-state index < -0.39 is 0 Å². The fourth-order valence-electron chi connectivity index (χ4n) is 0.590. The zero-order valence-corrected chi connectivity index (χ0v) is 8.48. The van der Waals surface area contributed by atoms with E-state index in [0.29, 0.717) is 0 Å². The fourth-order valence-corrected chi connectivity index (χ4v) is 0.902. The minimum atomic E-state index is 0.840. The number of halogens is 1. The van der Waals surface area contributed by atoms with Gasteiger partial charge in [-0.25, -0.2) is 0 Å². The van der Waals surface area contributed by atoms with Crippen molar-refractivity contribution in [2.75, 3.05) is 33.3 Å². The Labute approximate surface area is 76.6 Å². The minimum absolute atomic E-state index is 0.840. The van der Waals surface area contributed by atoms with Gasteiger partial charge in [0.2, 0.25) is 0 Å². The van der Waals surface area contributed by atoms with Gasteiger partial charge in [0.25, 0.3) is 0 Å². The second kappa shape index (κ2) is 9.61. The van der Waals surface area contributed by atoms with Crippen LogP contribution in [-0.4, -0.2) is 33.3 Å². The highest BCUT2D eigenvalue weighted by molar-refractivity contribution is 14.1. The Kier molecular flexibility index (Phi) is 10.2. The van der Waals surface area contributed by atoms with E-state index in [1.54, 1.807) is 0 Å². The number of likely N-dealkylation sites (N-methyl/N-ethyl adjacent to an activating group) is 1. The molecule has 3 nitrogen and oxygen atoms in total. The molecular formula is C6H15IN2O. The van der Waals surface area contributed by atoms with Gasteiger partial charge >= 0.3 is 0 Å². The number of rotatable bonds is 7. The van der Waals surface area contributed by atoms with Crippen molar-refractivity contribution in [3.63, 3.8) is 0 Å². The molecule has 0 aromatic heterocycles. The Balaban J connectivity index is 2.65. The Morgan fingerprint density at radius 2 is 2.10 bits per heavy atom. The summed E-state index contributed by atoms with van der Waals surface area (Å²) in [6.45, 7) is 3.96. The molecule has 0 saturated carbocycles. The normalized spacial score (nSPS) is 10.2. The van der Waals surface area contributed by atoms with Gasteiger partial charge in [-0.05, 0) is 20.0 Å². The zero-order valence-electron chi connectivity index (χ0n) is 6.32. The lowest BCUT2D eigenvalue weighted by Gasteiger charge is -2.01. The highest BCUT2D eigenvalue weighted by atomic mass is 127. The average molecular weight is 258 g/mol. The molecule has 10 heavy (non-hydrogen) atoms. The molecule has 0 saturated heterocycles. The molecule has 4 heteroatoms. The molecule has 0 aromatic carbocycles. The highest BCUT2D eigenvalue weighted by Crippen LogP contribution is 1.86.